The molecule has 0 bridgehead atoms. The predicted molar refractivity (Wildman–Crippen MR) is 139 cm³/mol. The van der Waals surface area contributed by atoms with Gasteiger partial charge >= 0.3 is 0 Å². The second-order valence-electron chi connectivity index (χ2n) is 10.7. The van der Waals surface area contributed by atoms with Gasteiger partial charge < -0.3 is 23.9 Å². The van der Waals surface area contributed by atoms with Crippen LogP contribution in [-0.4, -0.2) is 66.7 Å². The number of benzene rings is 1. The number of imidazole rings is 1. The molecule has 1 saturated carbocycles. The van der Waals surface area contributed by atoms with Crippen molar-refractivity contribution in [2.24, 2.45) is 11.8 Å². The summed E-state index contributed by atoms with van der Waals surface area (Å²) in [7, 11) is 0. The van der Waals surface area contributed by atoms with Gasteiger partial charge in [-0.05, 0) is 25.8 Å². The number of nitro groups is 1. The topological polar surface area (TPSA) is 164 Å². The fraction of sp³-hybridized carbons (Fsp3) is 0.538. The normalized spacial score (nSPS) is 23.7. The number of non-ortho nitro benzene ring substituents is 1. The van der Waals surface area contributed by atoms with E-state index in [4.69, 9.17) is 14.2 Å². The number of carbonyl (C=O) groups excluding carboxylic acids is 1. The lowest BCUT2D eigenvalue weighted by Gasteiger charge is -2.23. The maximum atomic E-state index is 12.4. The lowest BCUT2D eigenvalue weighted by molar-refractivity contribution is -0.384. The summed E-state index contributed by atoms with van der Waals surface area (Å²) in [6.45, 7) is 7.42. The fourth-order valence-corrected chi connectivity index (χ4v) is 5.10. The summed E-state index contributed by atoms with van der Waals surface area (Å²) in [5, 5.41) is 23.7. The first-order chi connectivity index (χ1) is 18.6. The summed E-state index contributed by atoms with van der Waals surface area (Å²) >= 11 is 0. The summed E-state index contributed by atoms with van der Waals surface area (Å²) in [5.41, 5.74) is 1.76. The van der Waals surface area contributed by atoms with E-state index < -0.39 is 10.7 Å². The van der Waals surface area contributed by atoms with Crippen molar-refractivity contribution < 1.29 is 29.0 Å². The van der Waals surface area contributed by atoms with Crippen LogP contribution in [0.4, 0.5) is 11.6 Å². The van der Waals surface area contributed by atoms with E-state index in [0.717, 1.165) is 5.56 Å². The molecule has 39 heavy (non-hydrogen) atoms. The van der Waals surface area contributed by atoms with Crippen LogP contribution < -0.4 is 10.1 Å². The molecule has 13 nitrogen and oxygen atoms in total. The molecule has 1 aliphatic carbocycles. The summed E-state index contributed by atoms with van der Waals surface area (Å²) in [5.74, 6) is -1.13. The van der Waals surface area contributed by atoms with E-state index in [2.05, 4.69) is 20.3 Å². The average molecular weight is 541 g/mol. The molecule has 5 rings (SSSR count). The SMILES string of the molecule is CC(C)C(=O)Nc1nc(OCCc2ccc([N+](=O)[O-])cc2)c2ncn([C@@H]3C[C@H](CO)[C@H]4OC(C)(C)O[C@H]43)c2n1. The second-order valence-corrected chi connectivity index (χ2v) is 10.7. The molecule has 0 spiro atoms. The van der Waals surface area contributed by atoms with Gasteiger partial charge in [-0.1, -0.05) is 26.0 Å². The summed E-state index contributed by atoms with van der Waals surface area (Å²) < 4.78 is 20.2. The first kappa shape index (κ1) is 26.9. The molecule has 3 heterocycles. The Morgan fingerprint density at radius 2 is 1.97 bits per heavy atom. The highest BCUT2D eigenvalue weighted by Gasteiger charge is 2.54. The third-order valence-electron chi connectivity index (χ3n) is 7.07. The van der Waals surface area contributed by atoms with Crippen LogP contribution in [0.3, 0.4) is 0 Å². The number of amides is 1. The number of ether oxygens (including phenoxy) is 3. The van der Waals surface area contributed by atoms with Crippen LogP contribution in [-0.2, 0) is 20.7 Å². The van der Waals surface area contributed by atoms with E-state index >= 15 is 0 Å². The summed E-state index contributed by atoms with van der Waals surface area (Å²) in [6, 6.07) is 6.04. The number of fused-ring (bicyclic) bond motifs is 2. The number of hydrogen-bond acceptors (Lipinski definition) is 10. The predicted octanol–water partition coefficient (Wildman–Crippen LogP) is 3.02. The number of anilines is 1. The van der Waals surface area contributed by atoms with Crippen molar-refractivity contribution in [3.63, 3.8) is 0 Å². The molecule has 0 unspecified atom stereocenters. The molecule has 0 radical (unpaired) electrons. The molecular formula is C26H32N6O7. The second kappa shape index (κ2) is 10.5. The Hall–Kier alpha value is -3.68. The van der Waals surface area contributed by atoms with Crippen LogP contribution in [0.2, 0.25) is 0 Å². The Bertz CT molecular complexity index is 1370. The lowest BCUT2D eigenvalue weighted by atomic mass is 10.1. The number of nitrogens with one attached hydrogen (secondary N) is 1. The van der Waals surface area contributed by atoms with Crippen molar-refractivity contribution in [1.29, 1.82) is 0 Å². The summed E-state index contributed by atoms with van der Waals surface area (Å²) in [6.07, 6.45) is 2.13. The monoisotopic (exact) mass is 540 g/mol. The zero-order chi connectivity index (χ0) is 27.9. The van der Waals surface area contributed by atoms with Crippen molar-refractivity contribution in [3.05, 3.63) is 46.3 Å². The Balaban J connectivity index is 1.44. The number of aromatic nitrogens is 4. The minimum atomic E-state index is -0.782. The minimum absolute atomic E-state index is 0.0193. The number of aliphatic hydroxyl groups excluding tert-OH is 1. The molecule has 1 aliphatic heterocycles. The fourth-order valence-electron chi connectivity index (χ4n) is 5.10. The van der Waals surface area contributed by atoms with Gasteiger partial charge in [0.05, 0.1) is 30.0 Å². The van der Waals surface area contributed by atoms with Gasteiger partial charge in [0.15, 0.2) is 17.0 Å². The van der Waals surface area contributed by atoms with Crippen molar-refractivity contribution >= 4 is 28.7 Å². The van der Waals surface area contributed by atoms with E-state index in [1.54, 1.807) is 32.3 Å². The Kier molecular flexibility index (Phi) is 7.23. The Labute approximate surface area is 224 Å². The van der Waals surface area contributed by atoms with Crippen LogP contribution in [0.15, 0.2) is 30.6 Å². The van der Waals surface area contributed by atoms with Crippen LogP contribution in [0.25, 0.3) is 11.2 Å². The standard InChI is InChI=1S/C26H32N6O7/c1-14(2)23(34)29-25-28-22-19(24(30-25)37-10-9-15-5-7-17(8-6-15)32(35)36)27-13-31(22)18-11-16(12-33)20-21(18)39-26(3,4)38-20/h5-8,13-14,16,18,20-21,33H,9-12H2,1-4H3,(H,28,29,30,34)/t16-,18-,20-,21+/m1/s1. The smallest absolute Gasteiger partial charge is 0.269 e. The van der Waals surface area contributed by atoms with Crippen LogP contribution in [0.5, 0.6) is 5.88 Å². The van der Waals surface area contributed by atoms with Crippen molar-refractivity contribution in [3.8, 4) is 5.88 Å². The van der Waals surface area contributed by atoms with E-state index in [-0.39, 0.29) is 66.7 Å². The van der Waals surface area contributed by atoms with E-state index in [1.807, 2.05) is 18.4 Å². The minimum Gasteiger partial charge on any atom is -0.476 e. The number of nitro benzene ring substituents is 1. The molecule has 2 aliphatic rings. The molecule has 1 amide bonds. The number of carbonyl (C=O) groups is 1. The van der Waals surface area contributed by atoms with E-state index in [0.29, 0.717) is 24.0 Å². The summed E-state index contributed by atoms with van der Waals surface area (Å²) in [4.78, 5) is 36.5. The number of nitrogens with zero attached hydrogens (tertiary/aromatic N) is 5. The highest BCUT2D eigenvalue weighted by Crippen LogP contribution is 2.47. The van der Waals surface area contributed by atoms with Gasteiger partial charge in [-0.2, -0.15) is 9.97 Å². The molecule has 208 valence electrons. The van der Waals surface area contributed by atoms with Gasteiger partial charge in [0.1, 0.15) is 6.10 Å². The maximum Gasteiger partial charge on any atom is 0.269 e. The van der Waals surface area contributed by atoms with Crippen LogP contribution >= 0.6 is 0 Å². The molecule has 4 atom stereocenters. The molecule has 13 heteroatoms. The zero-order valence-corrected chi connectivity index (χ0v) is 22.2. The first-order valence-corrected chi connectivity index (χ1v) is 12.9. The highest BCUT2D eigenvalue weighted by atomic mass is 16.8. The van der Waals surface area contributed by atoms with Gasteiger partial charge in [0.2, 0.25) is 17.7 Å². The molecule has 2 N–H and O–H groups in total. The van der Waals surface area contributed by atoms with Gasteiger partial charge in [0.25, 0.3) is 5.69 Å². The van der Waals surface area contributed by atoms with Gasteiger partial charge in [-0.25, -0.2) is 4.98 Å². The molecule has 2 fully saturated rings. The number of hydrogen-bond donors (Lipinski definition) is 2. The lowest BCUT2D eigenvalue weighted by Crippen LogP contribution is -2.27. The molecule has 2 aromatic heterocycles. The van der Waals surface area contributed by atoms with Crippen LogP contribution in [0.1, 0.15) is 45.7 Å². The molecule has 3 aromatic rings. The van der Waals surface area contributed by atoms with E-state index in [9.17, 15) is 20.0 Å². The first-order valence-electron chi connectivity index (χ1n) is 12.9. The molecule has 1 aromatic carbocycles. The van der Waals surface area contributed by atoms with Gasteiger partial charge in [-0.3, -0.25) is 20.2 Å². The zero-order valence-electron chi connectivity index (χ0n) is 22.2. The van der Waals surface area contributed by atoms with Crippen molar-refractivity contribution in [2.45, 2.75) is 64.6 Å². The maximum absolute atomic E-state index is 12.4. The largest absolute Gasteiger partial charge is 0.476 e. The molecular weight excluding hydrogens is 508 g/mol. The van der Waals surface area contributed by atoms with Gasteiger partial charge in [-0.15, -0.1) is 0 Å². The average Bonchev–Trinajstić information content (AvgIpc) is 3.54. The quantitative estimate of drug-likeness (QED) is 0.304. The van der Waals surface area contributed by atoms with Crippen molar-refractivity contribution in [1.82, 2.24) is 19.5 Å². The van der Waals surface area contributed by atoms with Crippen LogP contribution in [0, 0.1) is 22.0 Å². The van der Waals surface area contributed by atoms with E-state index in [1.165, 1.54) is 12.1 Å². The molecule has 1 saturated heterocycles. The Morgan fingerprint density at radius 3 is 2.64 bits per heavy atom. The number of rotatable bonds is 9. The Morgan fingerprint density at radius 1 is 1.26 bits per heavy atom. The van der Waals surface area contributed by atoms with Crippen molar-refractivity contribution in [2.75, 3.05) is 18.5 Å². The number of aliphatic hydroxyl groups is 1. The third-order valence-corrected chi connectivity index (χ3v) is 7.07. The van der Waals surface area contributed by atoms with Gasteiger partial charge in [0, 0.05) is 37.0 Å². The third kappa shape index (κ3) is 5.42. The highest BCUT2D eigenvalue weighted by molar-refractivity contribution is 5.91.